The molecule has 0 atom stereocenters. The van der Waals surface area contributed by atoms with Crippen LogP contribution in [0, 0.1) is 0 Å². The molecule has 0 rings (SSSR count). The van der Waals surface area contributed by atoms with Crippen LogP contribution in [0.3, 0.4) is 0 Å². The SMILES string of the molecule is CCCCNC(=O)CCCC(=O)NCCCOCCOC. The van der Waals surface area contributed by atoms with Crippen molar-refractivity contribution in [2.75, 3.05) is 40.0 Å². The van der Waals surface area contributed by atoms with Crippen LogP contribution in [0.15, 0.2) is 0 Å². The van der Waals surface area contributed by atoms with E-state index in [-0.39, 0.29) is 11.8 Å². The Balaban J connectivity index is 3.32. The molecule has 0 spiro atoms. The highest BCUT2D eigenvalue weighted by atomic mass is 16.5. The number of carbonyl (C=O) groups excluding carboxylic acids is 2. The third-order valence-corrected chi connectivity index (χ3v) is 2.88. The Hall–Kier alpha value is -1.14. The van der Waals surface area contributed by atoms with Gasteiger partial charge in [0, 0.05) is 39.6 Å². The summed E-state index contributed by atoms with van der Waals surface area (Å²) < 4.78 is 10.1. The maximum Gasteiger partial charge on any atom is 0.220 e. The van der Waals surface area contributed by atoms with Crippen LogP contribution in [-0.2, 0) is 19.1 Å². The number of nitrogens with one attached hydrogen (secondary N) is 2. The summed E-state index contributed by atoms with van der Waals surface area (Å²) in [5.74, 6) is 0.0241. The van der Waals surface area contributed by atoms with E-state index < -0.39 is 0 Å². The number of rotatable bonds is 14. The van der Waals surface area contributed by atoms with Gasteiger partial charge in [0.2, 0.25) is 11.8 Å². The van der Waals surface area contributed by atoms with Crippen molar-refractivity contribution in [3.63, 3.8) is 0 Å². The highest BCUT2D eigenvalue weighted by Crippen LogP contribution is 1.96. The first-order chi connectivity index (χ1) is 10.2. The van der Waals surface area contributed by atoms with Crippen LogP contribution in [0.5, 0.6) is 0 Å². The number of hydrogen-bond acceptors (Lipinski definition) is 4. The van der Waals surface area contributed by atoms with Crippen LogP contribution < -0.4 is 10.6 Å². The fourth-order valence-electron chi connectivity index (χ4n) is 1.64. The Bertz CT molecular complexity index is 272. The first kappa shape index (κ1) is 19.9. The number of amides is 2. The summed E-state index contributed by atoms with van der Waals surface area (Å²) >= 11 is 0. The van der Waals surface area contributed by atoms with E-state index in [1.54, 1.807) is 7.11 Å². The van der Waals surface area contributed by atoms with Crippen molar-refractivity contribution in [3.05, 3.63) is 0 Å². The molecule has 0 aliphatic rings. The standard InChI is InChI=1S/C15H30N2O4/c1-3-4-9-16-14(18)7-5-8-15(19)17-10-6-11-21-13-12-20-2/h3-13H2,1-2H3,(H,16,18)(H,17,19). The second-order valence-corrected chi connectivity index (χ2v) is 4.87. The minimum atomic E-state index is -0.00625. The molecule has 0 aromatic heterocycles. The van der Waals surface area contributed by atoms with Crippen LogP contribution in [0.1, 0.15) is 45.4 Å². The summed E-state index contributed by atoms with van der Waals surface area (Å²) in [6.07, 6.45) is 4.25. The molecule has 0 aliphatic carbocycles. The van der Waals surface area contributed by atoms with Gasteiger partial charge in [-0.25, -0.2) is 0 Å². The summed E-state index contributed by atoms with van der Waals surface area (Å²) in [4.78, 5) is 22.9. The Kier molecular flexibility index (Phi) is 14.4. The van der Waals surface area contributed by atoms with E-state index in [0.29, 0.717) is 45.6 Å². The molecule has 0 heterocycles. The van der Waals surface area contributed by atoms with Gasteiger partial charge in [0.1, 0.15) is 0 Å². The zero-order valence-electron chi connectivity index (χ0n) is 13.4. The molecule has 0 aliphatic heterocycles. The van der Waals surface area contributed by atoms with E-state index in [1.807, 2.05) is 0 Å². The van der Waals surface area contributed by atoms with Crippen molar-refractivity contribution in [1.82, 2.24) is 10.6 Å². The lowest BCUT2D eigenvalue weighted by atomic mass is 10.2. The molecule has 6 heteroatoms. The molecule has 2 amide bonds. The fourth-order valence-corrected chi connectivity index (χ4v) is 1.64. The van der Waals surface area contributed by atoms with Crippen LogP contribution in [0.4, 0.5) is 0 Å². The summed E-state index contributed by atoms with van der Waals surface area (Å²) in [7, 11) is 1.63. The van der Waals surface area contributed by atoms with Crippen LogP contribution in [-0.4, -0.2) is 51.8 Å². The average Bonchev–Trinajstić information content (AvgIpc) is 2.46. The number of hydrogen-bond donors (Lipinski definition) is 2. The number of ether oxygens (including phenoxy) is 2. The van der Waals surface area contributed by atoms with E-state index in [1.165, 1.54) is 0 Å². The molecule has 0 bridgehead atoms. The van der Waals surface area contributed by atoms with Crippen LogP contribution in [0.25, 0.3) is 0 Å². The summed E-state index contributed by atoms with van der Waals surface area (Å²) in [6.45, 7) is 5.20. The monoisotopic (exact) mass is 302 g/mol. The van der Waals surface area contributed by atoms with Crippen molar-refractivity contribution in [3.8, 4) is 0 Å². The third kappa shape index (κ3) is 15.1. The van der Waals surface area contributed by atoms with Crippen LogP contribution in [0.2, 0.25) is 0 Å². The minimum absolute atomic E-state index is 0.00625. The van der Waals surface area contributed by atoms with Gasteiger partial charge in [0.05, 0.1) is 13.2 Å². The van der Waals surface area contributed by atoms with Gasteiger partial charge in [-0.3, -0.25) is 9.59 Å². The predicted molar refractivity (Wildman–Crippen MR) is 82.1 cm³/mol. The lowest BCUT2D eigenvalue weighted by Crippen LogP contribution is -2.27. The Morgan fingerprint density at radius 1 is 0.857 bits per heavy atom. The van der Waals surface area contributed by atoms with Gasteiger partial charge in [0.15, 0.2) is 0 Å². The number of carbonyl (C=O) groups is 2. The molecule has 0 radical (unpaired) electrons. The highest BCUT2D eigenvalue weighted by molar-refractivity contribution is 5.78. The second kappa shape index (κ2) is 15.3. The van der Waals surface area contributed by atoms with Gasteiger partial charge in [-0.2, -0.15) is 0 Å². The van der Waals surface area contributed by atoms with E-state index in [0.717, 1.165) is 25.8 Å². The van der Waals surface area contributed by atoms with Gasteiger partial charge in [0.25, 0.3) is 0 Å². The Labute approximate surface area is 127 Å². The van der Waals surface area contributed by atoms with Crippen molar-refractivity contribution in [2.45, 2.75) is 45.4 Å². The highest BCUT2D eigenvalue weighted by Gasteiger charge is 2.04. The second-order valence-electron chi connectivity index (χ2n) is 4.87. The molecular formula is C15H30N2O4. The van der Waals surface area contributed by atoms with Gasteiger partial charge >= 0.3 is 0 Å². The maximum atomic E-state index is 11.5. The summed E-state index contributed by atoms with van der Waals surface area (Å²) in [6, 6.07) is 0. The van der Waals surface area contributed by atoms with Crippen molar-refractivity contribution >= 4 is 11.8 Å². The molecule has 0 aromatic carbocycles. The lowest BCUT2D eigenvalue weighted by Gasteiger charge is -2.06. The third-order valence-electron chi connectivity index (χ3n) is 2.88. The first-order valence-electron chi connectivity index (χ1n) is 7.80. The van der Waals surface area contributed by atoms with Gasteiger partial charge in [-0.05, 0) is 19.3 Å². The van der Waals surface area contributed by atoms with Crippen molar-refractivity contribution in [2.24, 2.45) is 0 Å². The molecule has 0 saturated heterocycles. The Morgan fingerprint density at radius 2 is 1.48 bits per heavy atom. The maximum absolute atomic E-state index is 11.5. The van der Waals surface area contributed by atoms with Gasteiger partial charge < -0.3 is 20.1 Å². The molecule has 124 valence electrons. The minimum Gasteiger partial charge on any atom is -0.382 e. The summed E-state index contributed by atoms with van der Waals surface area (Å²) in [5, 5.41) is 5.65. The lowest BCUT2D eigenvalue weighted by molar-refractivity contribution is -0.122. The largest absolute Gasteiger partial charge is 0.382 e. The molecule has 21 heavy (non-hydrogen) atoms. The van der Waals surface area contributed by atoms with E-state index in [9.17, 15) is 9.59 Å². The quantitative estimate of drug-likeness (QED) is 0.473. The average molecular weight is 302 g/mol. The molecular weight excluding hydrogens is 272 g/mol. The van der Waals surface area contributed by atoms with Gasteiger partial charge in [-0.15, -0.1) is 0 Å². The van der Waals surface area contributed by atoms with Crippen LogP contribution >= 0.6 is 0 Å². The van der Waals surface area contributed by atoms with Gasteiger partial charge in [-0.1, -0.05) is 13.3 Å². The normalized spacial score (nSPS) is 10.4. The molecule has 0 fully saturated rings. The van der Waals surface area contributed by atoms with E-state index in [4.69, 9.17) is 9.47 Å². The first-order valence-corrected chi connectivity index (χ1v) is 7.80. The molecule has 2 N–H and O–H groups in total. The zero-order valence-corrected chi connectivity index (χ0v) is 13.4. The Morgan fingerprint density at radius 3 is 2.05 bits per heavy atom. The number of methoxy groups -OCH3 is 1. The summed E-state index contributed by atoms with van der Waals surface area (Å²) in [5.41, 5.74) is 0. The van der Waals surface area contributed by atoms with Crippen molar-refractivity contribution < 1.29 is 19.1 Å². The van der Waals surface area contributed by atoms with E-state index in [2.05, 4.69) is 17.6 Å². The predicted octanol–water partition coefficient (Wildman–Crippen LogP) is 1.24. The number of unbranched alkanes of at least 4 members (excludes halogenated alkanes) is 1. The molecule has 0 unspecified atom stereocenters. The molecule has 0 saturated carbocycles. The molecule has 6 nitrogen and oxygen atoms in total. The van der Waals surface area contributed by atoms with E-state index >= 15 is 0 Å². The fraction of sp³-hybridized carbons (Fsp3) is 0.867. The smallest absolute Gasteiger partial charge is 0.220 e. The van der Waals surface area contributed by atoms with Crippen molar-refractivity contribution in [1.29, 1.82) is 0 Å². The zero-order chi connectivity index (χ0) is 15.8. The topological polar surface area (TPSA) is 76.7 Å². The molecule has 0 aromatic rings.